The van der Waals surface area contributed by atoms with Gasteiger partial charge in [0.15, 0.2) is 17.2 Å². The van der Waals surface area contributed by atoms with Gasteiger partial charge in [-0.15, -0.1) is 0 Å². The highest BCUT2D eigenvalue weighted by atomic mass is 16.6. The van der Waals surface area contributed by atoms with Gasteiger partial charge in [0, 0.05) is 23.7 Å². The molecule has 1 atom stereocenters. The van der Waals surface area contributed by atoms with Crippen molar-refractivity contribution in [2.75, 3.05) is 27.8 Å². The second-order valence-electron chi connectivity index (χ2n) is 6.89. The predicted octanol–water partition coefficient (Wildman–Crippen LogP) is 2.78. The van der Waals surface area contributed by atoms with Crippen molar-refractivity contribution in [2.24, 2.45) is 0 Å². The Morgan fingerprint density at radius 2 is 2.00 bits per heavy atom. The number of ether oxygens (including phenoxy) is 2. The Morgan fingerprint density at radius 3 is 2.63 bits per heavy atom. The first kappa shape index (κ1) is 17.4. The maximum Gasteiger partial charge on any atom is 0.318 e. The third kappa shape index (κ3) is 2.33. The smallest absolute Gasteiger partial charge is 0.318 e. The van der Waals surface area contributed by atoms with Crippen LogP contribution in [0, 0.1) is 10.1 Å². The maximum atomic E-state index is 11.7. The molecule has 8 heteroatoms. The molecule has 0 saturated carbocycles. The zero-order chi connectivity index (χ0) is 19.5. The molecule has 0 bridgehead atoms. The lowest BCUT2D eigenvalue weighted by Crippen LogP contribution is -2.35. The monoisotopic (exact) mass is 372 g/mol. The molecule has 142 valence electrons. The highest BCUT2D eigenvalue weighted by Gasteiger charge is 2.40. The molecule has 0 saturated heterocycles. The molecule has 0 fully saturated rings. The summed E-state index contributed by atoms with van der Waals surface area (Å²) in [5.41, 5.74) is 3.25. The van der Waals surface area contributed by atoms with Crippen molar-refractivity contribution in [2.45, 2.75) is 18.9 Å². The summed E-state index contributed by atoms with van der Waals surface area (Å²) in [7, 11) is 4.77. The molecule has 4 rings (SSSR count). The van der Waals surface area contributed by atoms with Crippen LogP contribution in [0.25, 0.3) is 11.1 Å². The van der Waals surface area contributed by atoms with Gasteiger partial charge < -0.3 is 19.7 Å². The number of nitrogens with zero attached hydrogens (tertiary/aromatic N) is 2. The van der Waals surface area contributed by atoms with Crippen molar-refractivity contribution in [1.29, 1.82) is 0 Å². The number of hydrogen-bond donors (Lipinski definition) is 2. The van der Waals surface area contributed by atoms with Crippen LogP contribution in [0.2, 0.25) is 0 Å². The van der Waals surface area contributed by atoms with Gasteiger partial charge in [-0.2, -0.15) is 0 Å². The second kappa shape index (κ2) is 6.02. The van der Waals surface area contributed by atoms with Crippen LogP contribution in [0.4, 0.5) is 5.69 Å². The zero-order valence-electron chi connectivity index (χ0n) is 15.3. The minimum absolute atomic E-state index is 0.00269. The third-order valence-electron chi connectivity index (χ3n) is 5.60. The van der Waals surface area contributed by atoms with Crippen molar-refractivity contribution in [3.05, 3.63) is 38.9 Å². The van der Waals surface area contributed by atoms with E-state index >= 15 is 0 Å². The Balaban J connectivity index is 2.15. The van der Waals surface area contributed by atoms with E-state index in [4.69, 9.17) is 9.47 Å². The van der Waals surface area contributed by atoms with E-state index in [1.165, 1.54) is 14.2 Å². The largest absolute Gasteiger partial charge is 0.504 e. The molecule has 27 heavy (non-hydrogen) atoms. The second-order valence-corrected chi connectivity index (χ2v) is 6.89. The van der Waals surface area contributed by atoms with Gasteiger partial charge in [-0.1, -0.05) is 0 Å². The number of hydrogen-bond acceptors (Lipinski definition) is 7. The topological polar surface area (TPSA) is 105 Å². The van der Waals surface area contributed by atoms with Crippen molar-refractivity contribution in [1.82, 2.24) is 4.90 Å². The Morgan fingerprint density at radius 1 is 1.26 bits per heavy atom. The summed E-state index contributed by atoms with van der Waals surface area (Å²) in [6, 6.07) is 3.20. The minimum Gasteiger partial charge on any atom is -0.504 e. The van der Waals surface area contributed by atoms with Gasteiger partial charge in [0.25, 0.3) is 0 Å². The SMILES string of the molecule is COc1cc2c(c([N+](=O)[O-])c1O)CC1c3c(cc(O)c(OC)c3-2)CCN1C. The molecule has 1 aliphatic heterocycles. The van der Waals surface area contributed by atoms with E-state index in [-0.39, 0.29) is 29.0 Å². The first-order valence-electron chi connectivity index (χ1n) is 8.59. The van der Waals surface area contributed by atoms with Crippen LogP contribution in [0.15, 0.2) is 12.1 Å². The Bertz CT molecular complexity index is 972. The van der Waals surface area contributed by atoms with Gasteiger partial charge in [0.2, 0.25) is 5.75 Å². The van der Waals surface area contributed by atoms with E-state index in [0.717, 1.165) is 24.1 Å². The average molecular weight is 372 g/mol. The molecule has 2 aromatic carbocycles. The van der Waals surface area contributed by atoms with Crippen molar-refractivity contribution >= 4 is 5.69 Å². The zero-order valence-corrected chi connectivity index (χ0v) is 15.3. The quantitative estimate of drug-likeness (QED) is 0.630. The number of rotatable bonds is 3. The summed E-state index contributed by atoms with van der Waals surface area (Å²) < 4.78 is 10.6. The number of fused-ring (bicyclic) bond motifs is 2. The van der Waals surface area contributed by atoms with E-state index in [0.29, 0.717) is 23.1 Å². The van der Waals surface area contributed by atoms with E-state index in [2.05, 4.69) is 4.90 Å². The number of benzene rings is 2. The standard InChI is InChI=1S/C19H20N2O6/c1-20-5-4-9-6-13(22)19(27-3)16-10-8-14(26-2)18(23)17(21(24)25)11(10)7-12(20)15(9)16/h6,8,12,22-23H,4-5,7H2,1-3H3. The van der Waals surface area contributed by atoms with Crippen LogP contribution in [0.3, 0.4) is 0 Å². The van der Waals surface area contributed by atoms with Crippen LogP contribution in [-0.4, -0.2) is 47.8 Å². The predicted molar refractivity (Wildman–Crippen MR) is 97.7 cm³/mol. The summed E-state index contributed by atoms with van der Waals surface area (Å²) in [4.78, 5) is 13.3. The van der Waals surface area contributed by atoms with Gasteiger partial charge >= 0.3 is 5.69 Å². The van der Waals surface area contributed by atoms with Crippen LogP contribution in [-0.2, 0) is 12.8 Å². The molecule has 2 aromatic rings. The Labute approximate surface area is 155 Å². The van der Waals surface area contributed by atoms with E-state index in [1.807, 2.05) is 7.05 Å². The molecule has 1 aliphatic carbocycles. The molecule has 1 unspecified atom stereocenters. The number of methoxy groups -OCH3 is 2. The summed E-state index contributed by atoms with van der Waals surface area (Å²) in [5, 5.41) is 32.6. The van der Waals surface area contributed by atoms with Crippen LogP contribution >= 0.6 is 0 Å². The van der Waals surface area contributed by atoms with Gasteiger partial charge in [0.1, 0.15) is 0 Å². The minimum atomic E-state index is -0.583. The fraction of sp³-hybridized carbons (Fsp3) is 0.368. The maximum absolute atomic E-state index is 11.7. The van der Waals surface area contributed by atoms with Crippen LogP contribution in [0.1, 0.15) is 22.7 Å². The molecule has 8 nitrogen and oxygen atoms in total. The molecule has 2 aliphatic rings. The molecular formula is C19H20N2O6. The fourth-order valence-corrected chi connectivity index (χ4v) is 4.36. The molecule has 0 spiro atoms. The molecule has 1 heterocycles. The molecule has 2 N–H and O–H groups in total. The first-order chi connectivity index (χ1) is 12.9. The number of phenolic OH excluding ortho intramolecular Hbond substituents is 2. The number of phenols is 2. The number of nitro groups is 1. The molecule has 0 radical (unpaired) electrons. The Kier molecular flexibility index (Phi) is 3.88. The Hall–Kier alpha value is -3.00. The molecule has 0 aromatic heterocycles. The fourth-order valence-electron chi connectivity index (χ4n) is 4.36. The lowest BCUT2D eigenvalue weighted by molar-refractivity contribution is -0.386. The van der Waals surface area contributed by atoms with Crippen molar-refractivity contribution < 1.29 is 24.6 Å². The normalized spacial score (nSPS) is 17.8. The first-order valence-corrected chi connectivity index (χ1v) is 8.59. The summed E-state index contributed by atoms with van der Waals surface area (Å²) in [6.07, 6.45) is 1.15. The summed E-state index contributed by atoms with van der Waals surface area (Å²) in [5.74, 6) is -0.196. The molecular weight excluding hydrogens is 352 g/mol. The summed E-state index contributed by atoms with van der Waals surface area (Å²) in [6.45, 7) is 0.772. The van der Waals surface area contributed by atoms with Crippen molar-refractivity contribution in [3.63, 3.8) is 0 Å². The van der Waals surface area contributed by atoms with Crippen molar-refractivity contribution in [3.8, 4) is 34.1 Å². The highest BCUT2D eigenvalue weighted by Crippen LogP contribution is 2.56. The number of likely N-dealkylation sites (N-methyl/N-ethyl adjacent to an activating group) is 1. The van der Waals surface area contributed by atoms with Crippen LogP contribution < -0.4 is 9.47 Å². The highest BCUT2D eigenvalue weighted by molar-refractivity contribution is 5.88. The van der Waals surface area contributed by atoms with E-state index in [9.17, 15) is 20.3 Å². The van der Waals surface area contributed by atoms with Gasteiger partial charge in [-0.3, -0.25) is 15.0 Å². The van der Waals surface area contributed by atoms with E-state index < -0.39 is 10.7 Å². The third-order valence-corrected chi connectivity index (χ3v) is 5.60. The average Bonchev–Trinajstić information content (AvgIpc) is 2.63. The lowest BCUT2D eigenvalue weighted by Gasteiger charge is -2.40. The van der Waals surface area contributed by atoms with Gasteiger partial charge in [-0.05, 0) is 48.7 Å². The number of nitro benzene ring substituents is 1. The number of aromatic hydroxyl groups is 2. The van der Waals surface area contributed by atoms with Gasteiger partial charge in [0.05, 0.1) is 19.1 Å². The van der Waals surface area contributed by atoms with E-state index in [1.54, 1.807) is 12.1 Å². The summed E-state index contributed by atoms with van der Waals surface area (Å²) >= 11 is 0. The van der Waals surface area contributed by atoms with Gasteiger partial charge in [-0.25, -0.2) is 0 Å². The lowest BCUT2D eigenvalue weighted by atomic mass is 9.76. The molecule has 0 amide bonds. The van der Waals surface area contributed by atoms with Crippen LogP contribution in [0.5, 0.6) is 23.0 Å².